The molecule has 3 aromatic rings. The number of amides is 1. The lowest BCUT2D eigenvalue weighted by molar-refractivity contribution is 0.0240. The minimum Gasteiger partial charge on any atom is -0.444 e. The Morgan fingerprint density at radius 3 is 2.41 bits per heavy atom. The van der Waals surface area contributed by atoms with Gasteiger partial charge in [0.1, 0.15) is 5.60 Å². The molecular formula is C25H33N7O2. The van der Waals surface area contributed by atoms with Crippen LogP contribution in [0.1, 0.15) is 33.4 Å². The van der Waals surface area contributed by atoms with Crippen LogP contribution in [0.3, 0.4) is 0 Å². The van der Waals surface area contributed by atoms with Gasteiger partial charge < -0.3 is 19.9 Å². The lowest BCUT2D eigenvalue weighted by atomic mass is 10.2. The van der Waals surface area contributed by atoms with Crippen LogP contribution in [0.25, 0.3) is 11.3 Å². The quantitative estimate of drug-likeness (QED) is 0.597. The third-order valence-corrected chi connectivity index (χ3v) is 5.62. The zero-order valence-electron chi connectivity index (χ0n) is 20.6. The summed E-state index contributed by atoms with van der Waals surface area (Å²) >= 11 is 0. The van der Waals surface area contributed by atoms with E-state index in [0.29, 0.717) is 19.0 Å². The average Bonchev–Trinajstić information content (AvgIpc) is 3.19. The number of aromatic nitrogens is 4. The van der Waals surface area contributed by atoms with Crippen molar-refractivity contribution in [3.63, 3.8) is 0 Å². The van der Waals surface area contributed by atoms with Gasteiger partial charge in [0.25, 0.3) is 0 Å². The van der Waals surface area contributed by atoms with Crippen LogP contribution in [0.2, 0.25) is 0 Å². The van der Waals surface area contributed by atoms with Crippen LogP contribution in [0.4, 0.5) is 22.1 Å². The Morgan fingerprint density at radius 1 is 1.09 bits per heavy atom. The topological polar surface area (TPSA) is 88.4 Å². The average molecular weight is 464 g/mol. The second-order valence-corrected chi connectivity index (χ2v) is 9.38. The summed E-state index contributed by atoms with van der Waals surface area (Å²) in [6.45, 7) is 13.4. The fraction of sp³-hybridized carbons (Fsp3) is 0.440. The van der Waals surface area contributed by atoms with Gasteiger partial charge in [-0.25, -0.2) is 14.8 Å². The lowest BCUT2D eigenvalue weighted by Crippen LogP contribution is -2.50. The molecule has 0 aliphatic carbocycles. The molecule has 4 rings (SSSR count). The van der Waals surface area contributed by atoms with E-state index in [0.717, 1.165) is 48.0 Å². The number of hydrogen-bond donors (Lipinski definition) is 1. The monoisotopic (exact) mass is 463 g/mol. The van der Waals surface area contributed by atoms with Crippen molar-refractivity contribution in [2.75, 3.05) is 36.4 Å². The van der Waals surface area contributed by atoms with Crippen LogP contribution >= 0.6 is 0 Å². The number of carbonyl (C=O) groups is 1. The van der Waals surface area contributed by atoms with E-state index < -0.39 is 5.60 Å². The van der Waals surface area contributed by atoms with Crippen molar-refractivity contribution < 1.29 is 9.53 Å². The zero-order valence-corrected chi connectivity index (χ0v) is 20.6. The highest BCUT2D eigenvalue weighted by molar-refractivity contribution is 5.69. The Balaban J connectivity index is 1.37. The second kappa shape index (κ2) is 9.70. The van der Waals surface area contributed by atoms with Crippen LogP contribution in [0.15, 0.2) is 42.7 Å². The molecule has 0 atom stereocenters. The molecule has 34 heavy (non-hydrogen) atoms. The fourth-order valence-corrected chi connectivity index (χ4v) is 3.86. The maximum atomic E-state index is 12.3. The summed E-state index contributed by atoms with van der Waals surface area (Å²) in [7, 11) is 0. The van der Waals surface area contributed by atoms with Crippen molar-refractivity contribution in [2.24, 2.45) is 0 Å². The van der Waals surface area contributed by atoms with Crippen LogP contribution < -0.4 is 10.2 Å². The number of carbonyl (C=O) groups excluding carboxylic acids is 1. The van der Waals surface area contributed by atoms with E-state index in [2.05, 4.69) is 44.3 Å². The first-order chi connectivity index (χ1) is 16.2. The van der Waals surface area contributed by atoms with Gasteiger partial charge in [-0.2, -0.15) is 5.10 Å². The summed E-state index contributed by atoms with van der Waals surface area (Å²) in [5.74, 6) is 0.542. The molecule has 0 spiro atoms. The van der Waals surface area contributed by atoms with E-state index in [1.165, 1.54) is 0 Å². The van der Waals surface area contributed by atoms with Crippen molar-refractivity contribution in [1.29, 1.82) is 0 Å². The first-order valence-corrected chi connectivity index (χ1v) is 11.7. The Kier molecular flexibility index (Phi) is 6.72. The number of nitrogens with one attached hydrogen (secondary N) is 1. The summed E-state index contributed by atoms with van der Waals surface area (Å²) in [6, 6.07) is 10.1. The molecule has 9 heteroatoms. The van der Waals surface area contributed by atoms with E-state index in [-0.39, 0.29) is 6.09 Å². The molecular weight excluding hydrogens is 430 g/mol. The third-order valence-electron chi connectivity index (χ3n) is 5.62. The molecule has 0 saturated carbocycles. The highest BCUT2D eigenvalue weighted by Gasteiger charge is 2.26. The first kappa shape index (κ1) is 23.5. The largest absolute Gasteiger partial charge is 0.444 e. The number of nitrogens with zero attached hydrogens (tertiary/aromatic N) is 6. The zero-order chi connectivity index (χ0) is 24.3. The number of aryl methyl sites for hydroxylation is 2. The van der Waals surface area contributed by atoms with E-state index in [1.807, 2.05) is 56.8 Å². The highest BCUT2D eigenvalue weighted by Crippen LogP contribution is 2.24. The normalized spacial score (nSPS) is 14.3. The summed E-state index contributed by atoms with van der Waals surface area (Å²) in [4.78, 5) is 25.4. The number of benzene rings is 1. The van der Waals surface area contributed by atoms with Gasteiger partial charge in [0, 0.05) is 62.1 Å². The SMILES string of the molecule is CCn1cc(-c2ccnc(Nc3ccc(N4CCN(C(=O)OC(C)(C)C)CC4)cc3)n2)c(C)n1. The highest BCUT2D eigenvalue weighted by atomic mass is 16.6. The van der Waals surface area contributed by atoms with Gasteiger partial charge in [-0.1, -0.05) is 0 Å². The predicted octanol–water partition coefficient (Wildman–Crippen LogP) is 4.47. The summed E-state index contributed by atoms with van der Waals surface area (Å²) in [5, 5.41) is 7.80. The molecule has 0 radical (unpaired) electrons. The van der Waals surface area contributed by atoms with Gasteiger partial charge in [-0.15, -0.1) is 0 Å². The van der Waals surface area contributed by atoms with Gasteiger partial charge in [-0.05, 0) is 65.0 Å². The minimum absolute atomic E-state index is 0.244. The third kappa shape index (κ3) is 5.65. The maximum Gasteiger partial charge on any atom is 0.410 e. The first-order valence-electron chi connectivity index (χ1n) is 11.7. The molecule has 180 valence electrons. The molecule has 1 N–H and O–H groups in total. The Morgan fingerprint density at radius 2 is 1.79 bits per heavy atom. The van der Waals surface area contributed by atoms with E-state index >= 15 is 0 Å². The number of ether oxygens (including phenoxy) is 1. The van der Waals surface area contributed by atoms with Crippen molar-refractivity contribution in [2.45, 2.75) is 46.8 Å². The smallest absolute Gasteiger partial charge is 0.410 e. The molecule has 1 amide bonds. The molecule has 2 aromatic heterocycles. The van der Waals surface area contributed by atoms with Gasteiger partial charge in [0.05, 0.1) is 11.4 Å². The fourth-order valence-electron chi connectivity index (χ4n) is 3.86. The van der Waals surface area contributed by atoms with Gasteiger partial charge in [0.15, 0.2) is 0 Å². The van der Waals surface area contributed by atoms with Gasteiger partial charge >= 0.3 is 6.09 Å². The number of hydrogen-bond acceptors (Lipinski definition) is 7. The summed E-state index contributed by atoms with van der Waals surface area (Å²) in [5.41, 5.74) is 4.35. The molecule has 0 bridgehead atoms. The maximum absolute atomic E-state index is 12.3. The van der Waals surface area contributed by atoms with E-state index in [9.17, 15) is 4.79 Å². The molecule has 1 aliphatic rings. The predicted molar refractivity (Wildman–Crippen MR) is 133 cm³/mol. The number of rotatable bonds is 5. The van der Waals surface area contributed by atoms with Crippen LogP contribution in [0.5, 0.6) is 0 Å². The Labute approximate surface area is 200 Å². The van der Waals surface area contributed by atoms with Gasteiger partial charge in [-0.3, -0.25) is 4.68 Å². The Hall–Kier alpha value is -3.62. The molecule has 1 fully saturated rings. The molecule has 1 aromatic carbocycles. The van der Waals surface area contributed by atoms with Crippen LogP contribution in [-0.4, -0.2) is 62.5 Å². The summed E-state index contributed by atoms with van der Waals surface area (Å²) in [6.07, 6.45) is 3.52. The molecule has 1 saturated heterocycles. The van der Waals surface area contributed by atoms with Crippen LogP contribution in [-0.2, 0) is 11.3 Å². The number of anilines is 3. The standard InChI is InChI=1S/C25H33N7O2/c1-6-32-17-21(18(2)29-32)22-11-12-26-23(28-22)27-19-7-9-20(10-8-19)30-13-15-31(16-14-30)24(33)34-25(3,4)5/h7-12,17H,6,13-16H2,1-5H3,(H,26,27,28). The van der Waals surface area contributed by atoms with E-state index in [4.69, 9.17) is 4.74 Å². The minimum atomic E-state index is -0.476. The molecule has 3 heterocycles. The Bertz CT molecular complexity index is 1130. The van der Waals surface area contributed by atoms with Crippen LogP contribution in [0, 0.1) is 6.92 Å². The lowest BCUT2D eigenvalue weighted by Gasteiger charge is -2.36. The van der Waals surface area contributed by atoms with E-state index in [1.54, 1.807) is 11.1 Å². The molecule has 9 nitrogen and oxygen atoms in total. The number of piperazine rings is 1. The van der Waals surface area contributed by atoms with Crippen molar-refractivity contribution in [3.8, 4) is 11.3 Å². The van der Waals surface area contributed by atoms with Crippen molar-refractivity contribution in [1.82, 2.24) is 24.6 Å². The molecule has 1 aliphatic heterocycles. The molecule has 0 unspecified atom stereocenters. The van der Waals surface area contributed by atoms with Crippen molar-refractivity contribution >= 4 is 23.4 Å². The van der Waals surface area contributed by atoms with Gasteiger partial charge in [0.2, 0.25) is 5.95 Å². The van der Waals surface area contributed by atoms with Crippen molar-refractivity contribution in [3.05, 3.63) is 48.4 Å². The second-order valence-electron chi connectivity index (χ2n) is 9.38. The summed E-state index contributed by atoms with van der Waals surface area (Å²) < 4.78 is 7.39.